The number of benzene rings is 2. The van der Waals surface area contributed by atoms with Crippen LogP contribution in [0.5, 0.6) is 0 Å². The minimum absolute atomic E-state index is 0.241. The summed E-state index contributed by atoms with van der Waals surface area (Å²) in [5, 5.41) is 0. The fourth-order valence-corrected chi connectivity index (χ4v) is 2.35. The van der Waals surface area contributed by atoms with Gasteiger partial charge in [0.25, 0.3) is 0 Å². The summed E-state index contributed by atoms with van der Waals surface area (Å²) >= 11 is 0. The Labute approximate surface area is 107 Å². The Morgan fingerprint density at radius 1 is 1.00 bits per heavy atom. The molecule has 1 nitrogen and oxygen atoms in total. The first-order chi connectivity index (χ1) is 8.41. The molecule has 0 heterocycles. The van der Waals surface area contributed by atoms with Crippen LogP contribution in [0, 0.1) is 19.7 Å². The molecule has 0 fully saturated rings. The van der Waals surface area contributed by atoms with Gasteiger partial charge in [0.1, 0.15) is 5.82 Å². The topological polar surface area (TPSA) is 26.0 Å². The summed E-state index contributed by atoms with van der Waals surface area (Å²) in [6, 6.07) is 12.6. The lowest BCUT2D eigenvalue weighted by Crippen LogP contribution is -2.35. The van der Waals surface area contributed by atoms with Crippen LogP contribution < -0.4 is 5.73 Å². The van der Waals surface area contributed by atoms with Crippen molar-refractivity contribution in [3.8, 4) is 0 Å². The van der Waals surface area contributed by atoms with E-state index in [1.807, 2.05) is 13.0 Å². The molecular formula is C16H18FN. The minimum Gasteiger partial charge on any atom is -0.318 e. The van der Waals surface area contributed by atoms with Crippen molar-refractivity contribution in [3.63, 3.8) is 0 Å². The summed E-state index contributed by atoms with van der Waals surface area (Å²) in [5.74, 6) is -0.241. The Hall–Kier alpha value is -1.67. The van der Waals surface area contributed by atoms with Gasteiger partial charge in [-0.2, -0.15) is 0 Å². The predicted molar refractivity (Wildman–Crippen MR) is 73.0 cm³/mol. The fourth-order valence-electron chi connectivity index (χ4n) is 2.35. The van der Waals surface area contributed by atoms with Crippen LogP contribution in [0.2, 0.25) is 0 Å². The lowest BCUT2D eigenvalue weighted by Gasteiger charge is -2.28. The lowest BCUT2D eigenvalue weighted by molar-refractivity contribution is 0.590. The molecule has 2 rings (SSSR count). The van der Waals surface area contributed by atoms with E-state index < -0.39 is 5.54 Å². The molecule has 1 unspecified atom stereocenters. The maximum atomic E-state index is 13.0. The molecule has 0 spiro atoms. The van der Waals surface area contributed by atoms with Gasteiger partial charge < -0.3 is 5.73 Å². The molecule has 0 radical (unpaired) electrons. The van der Waals surface area contributed by atoms with Crippen LogP contribution in [0.4, 0.5) is 4.39 Å². The molecule has 2 N–H and O–H groups in total. The Morgan fingerprint density at radius 2 is 1.61 bits per heavy atom. The van der Waals surface area contributed by atoms with Crippen LogP contribution in [0.1, 0.15) is 29.2 Å². The van der Waals surface area contributed by atoms with Crippen molar-refractivity contribution >= 4 is 0 Å². The first-order valence-electron chi connectivity index (χ1n) is 6.04. The van der Waals surface area contributed by atoms with E-state index in [1.165, 1.54) is 17.7 Å². The molecule has 2 aromatic rings. The zero-order valence-corrected chi connectivity index (χ0v) is 11.0. The van der Waals surface area contributed by atoms with Crippen molar-refractivity contribution in [2.75, 3.05) is 0 Å². The van der Waals surface area contributed by atoms with Gasteiger partial charge in [-0.25, -0.2) is 4.39 Å². The largest absolute Gasteiger partial charge is 0.318 e. The third-order valence-corrected chi connectivity index (χ3v) is 3.39. The summed E-state index contributed by atoms with van der Waals surface area (Å²) < 4.78 is 13.0. The third-order valence-electron chi connectivity index (χ3n) is 3.39. The first kappa shape index (κ1) is 12.8. The molecule has 18 heavy (non-hydrogen) atoms. The lowest BCUT2D eigenvalue weighted by atomic mass is 9.83. The molecule has 0 saturated carbocycles. The molecule has 0 amide bonds. The zero-order valence-electron chi connectivity index (χ0n) is 11.0. The summed E-state index contributed by atoms with van der Waals surface area (Å²) in [7, 11) is 0. The van der Waals surface area contributed by atoms with Gasteiger partial charge in [0.15, 0.2) is 0 Å². The van der Waals surface area contributed by atoms with Crippen molar-refractivity contribution in [3.05, 3.63) is 70.5 Å². The van der Waals surface area contributed by atoms with Crippen molar-refractivity contribution in [2.45, 2.75) is 26.3 Å². The molecule has 0 aromatic heterocycles. The van der Waals surface area contributed by atoms with Gasteiger partial charge in [-0.3, -0.25) is 0 Å². The molecular weight excluding hydrogens is 225 g/mol. The second-order valence-electron chi connectivity index (χ2n) is 5.03. The van der Waals surface area contributed by atoms with Gasteiger partial charge in [-0.15, -0.1) is 0 Å². The van der Waals surface area contributed by atoms with E-state index in [0.717, 1.165) is 16.7 Å². The molecule has 0 aliphatic rings. The summed E-state index contributed by atoms with van der Waals surface area (Å²) in [5.41, 5.74) is 10.2. The Balaban J connectivity index is 2.50. The van der Waals surface area contributed by atoms with E-state index in [-0.39, 0.29) is 5.82 Å². The Morgan fingerprint density at radius 3 is 2.17 bits per heavy atom. The van der Waals surface area contributed by atoms with Crippen molar-refractivity contribution < 1.29 is 4.39 Å². The molecule has 1 atom stereocenters. The molecule has 0 bridgehead atoms. The minimum atomic E-state index is -0.606. The van der Waals surface area contributed by atoms with Gasteiger partial charge >= 0.3 is 0 Å². The highest BCUT2D eigenvalue weighted by Crippen LogP contribution is 2.29. The normalized spacial score (nSPS) is 14.3. The first-order valence-corrected chi connectivity index (χ1v) is 6.04. The molecule has 0 aliphatic heterocycles. The van der Waals surface area contributed by atoms with Gasteiger partial charge in [0, 0.05) is 0 Å². The highest BCUT2D eigenvalue weighted by molar-refractivity contribution is 5.42. The van der Waals surface area contributed by atoms with Gasteiger partial charge in [-0.05, 0) is 49.6 Å². The number of nitrogens with two attached hydrogens (primary N) is 1. The number of hydrogen-bond acceptors (Lipinski definition) is 1. The predicted octanol–water partition coefficient (Wildman–Crippen LogP) is 3.66. The van der Waals surface area contributed by atoms with Gasteiger partial charge in [0.05, 0.1) is 5.54 Å². The standard InChI is InChI=1S/C16H18FN/c1-11-4-9-15(12(2)10-11)16(3,18)13-5-7-14(17)8-6-13/h4-10H,18H2,1-3H3. The summed E-state index contributed by atoms with van der Waals surface area (Å²) in [4.78, 5) is 0. The van der Waals surface area contributed by atoms with Crippen molar-refractivity contribution in [2.24, 2.45) is 5.73 Å². The monoisotopic (exact) mass is 243 g/mol. The molecule has 0 aliphatic carbocycles. The summed E-state index contributed by atoms with van der Waals surface area (Å²) in [6.45, 7) is 6.07. The average Bonchev–Trinajstić information content (AvgIpc) is 2.29. The SMILES string of the molecule is Cc1ccc(C(C)(N)c2ccc(F)cc2)c(C)c1. The number of hydrogen-bond donors (Lipinski definition) is 1. The average molecular weight is 243 g/mol. The molecule has 0 saturated heterocycles. The van der Waals surface area contributed by atoms with Crippen LogP contribution in [-0.2, 0) is 5.54 Å². The van der Waals surface area contributed by atoms with Crippen LogP contribution in [0.15, 0.2) is 42.5 Å². The number of halogens is 1. The van der Waals surface area contributed by atoms with Crippen molar-refractivity contribution in [1.29, 1.82) is 0 Å². The highest BCUT2D eigenvalue weighted by Gasteiger charge is 2.25. The number of rotatable bonds is 2. The Kier molecular flexibility index (Phi) is 3.22. The molecule has 2 aromatic carbocycles. The van der Waals surface area contributed by atoms with Crippen LogP contribution >= 0.6 is 0 Å². The van der Waals surface area contributed by atoms with Crippen LogP contribution in [-0.4, -0.2) is 0 Å². The van der Waals surface area contributed by atoms with Gasteiger partial charge in [-0.1, -0.05) is 35.9 Å². The van der Waals surface area contributed by atoms with E-state index in [0.29, 0.717) is 0 Å². The van der Waals surface area contributed by atoms with Crippen LogP contribution in [0.3, 0.4) is 0 Å². The smallest absolute Gasteiger partial charge is 0.123 e. The van der Waals surface area contributed by atoms with Crippen LogP contribution in [0.25, 0.3) is 0 Å². The Bertz CT molecular complexity index is 556. The van der Waals surface area contributed by atoms with E-state index in [2.05, 4.69) is 26.0 Å². The highest BCUT2D eigenvalue weighted by atomic mass is 19.1. The molecule has 2 heteroatoms. The van der Waals surface area contributed by atoms with Gasteiger partial charge in [0.2, 0.25) is 0 Å². The maximum Gasteiger partial charge on any atom is 0.123 e. The van der Waals surface area contributed by atoms with E-state index >= 15 is 0 Å². The molecule has 94 valence electrons. The quantitative estimate of drug-likeness (QED) is 0.855. The number of aryl methyl sites for hydroxylation is 2. The van der Waals surface area contributed by atoms with E-state index in [4.69, 9.17) is 5.73 Å². The third kappa shape index (κ3) is 2.29. The van der Waals surface area contributed by atoms with Crippen molar-refractivity contribution in [1.82, 2.24) is 0 Å². The van der Waals surface area contributed by atoms with E-state index in [1.54, 1.807) is 12.1 Å². The fraction of sp³-hybridized carbons (Fsp3) is 0.250. The second-order valence-corrected chi connectivity index (χ2v) is 5.03. The van der Waals surface area contributed by atoms with E-state index in [9.17, 15) is 4.39 Å². The second kappa shape index (κ2) is 4.54. The maximum absolute atomic E-state index is 13.0. The zero-order chi connectivity index (χ0) is 13.3. The summed E-state index contributed by atoms with van der Waals surface area (Å²) in [6.07, 6.45) is 0.